The number of benzene rings is 2. The second kappa shape index (κ2) is 9.74. The fourth-order valence-corrected chi connectivity index (χ4v) is 3.77. The van der Waals surface area contributed by atoms with E-state index in [2.05, 4.69) is 0 Å². The Hall–Kier alpha value is -3.52. The van der Waals surface area contributed by atoms with Crippen molar-refractivity contribution < 1.29 is 28.9 Å². The van der Waals surface area contributed by atoms with Crippen molar-refractivity contribution in [1.82, 2.24) is 9.80 Å². The summed E-state index contributed by atoms with van der Waals surface area (Å²) in [5.74, 6) is -0.194. The van der Waals surface area contributed by atoms with Crippen LogP contribution in [0.15, 0.2) is 48.0 Å². The summed E-state index contributed by atoms with van der Waals surface area (Å²) in [7, 11) is 8.32. The third-order valence-corrected chi connectivity index (χ3v) is 5.42. The van der Waals surface area contributed by atoms with E-state index in [0.717, 1.165) is 0 Å². The SMILES string of the molecule is COc1ccc(/C(O)=C2\C(=O)C(=O)N(CCN(C)C)[C@@H]2c2cccc(OC)c2OC)cc1. The Labute approximate surface area is 187 Å². The summed E-state index contributed by atoms with van der Waals surface area (Å²) in [6.07, 6.45) is 0. The van der Waals surface area contributed by atoms with Crippen LogP contribution in [0.4, 0.5) is 0 Å². The fourth-order valence-electron chi connectivity index (χ4n) is 3.77. The topological polar surface area (TPSA) is 88.5 Å². The molecule has 0 aliphatic carbocycles. The van der Waals surface area contributed by atoms with E-state index in [4.69, 9.17) is 14.2 Å². The van der Waals surface area contributed by atoms with Crippen LogP contribution in [-0.4, -0.2) is 75.1 Å². The molecule has 2 aromatic carbocycles. The molecule has 2 aromatic rings. The molecule has 1 saturated heterocycles. The van der Waals surface area contributed by atoms with Gasteiger partial charge in [0.2, 0.25) is 0 Å². The zero-order valence-electron chi connectivity index (χ0n) is 18.9. The first-order valence-electron chi connectivity index (χ1n) is 10.1. The van der Waals surface area contributed by atoms with Crippen LogP contribution >= 0.6 is 0 Å². The van der Waals surface area contributed by atoms with Gasteiger partial charge in [-0.2, -0.15) is 0 Å². The van der Waals surface area contributed by atoms with Crippen molar-refractivity contribution in [2.24, 2.45) is 0 Å². The summed E-state index contributed by atoms with van der Waals surface area (Å²) in [5, 5.41) is 11.1. The Balaban J connectivity index is 2.22. The van der Waals surface area contributed by atoms with Gasteiger partial charge in [0.05, 0.1) is 32.9 Å². The molecule has 0 unspecified atom stereocenters. The Morgan fingerprint density at radius 3 is 2.25 bits per heavy atom. The standard InChI is InChI=1S/C24H28N2O6/c1-25(2)13-14-26-20(17-7-6-8-18(31-4)23(17)32-5)19(22(28)24(26)29)21(27)15-9-11-16(30-3)12-10-15/h6-12,20,27H,13-14H2,1-5H3/b21-19+/t20-/m1/s1. The van der Waals surface area contributed by atoms with Crippen molar-refractivity contribution in [2.45, 2.75) is 6.04 Å². The van der Waals surface area contributed by atoms with Crippen molar-refractivity contribution in [3.63, 3.8) is 0 Å². The zero-order chi connectivity index (χ0) is 23.4. The summed E-state index contributed by atoms with van der Waals surface area (Å²) in [6, 6.07) is 11.1. The number of likely N-dealkylation sites (N-methyl/N-ethyl adjacent to an activating group) is 1. The highest BCUT2D eigenvalue weighted by Crippen LogP contribution is 2.45. The van der Waals surface area contributed by atoms with Gasteiger partial charge in [0.25, 0.3) is 11.7 Å². The number of aliphatic hydroxyl groups excluding tert-OH is 1. The third-order valence-electron chi connectivity index (χ3n) is 5.42. The second-order valence-electron chi connectivity index (χ2n) is 7.61. The van der Waals surface area contributed by atoms with Crippen LogP contribution < -0.4 is 14.2 Å². The lowest BCUT2D eigenvalue weighted by atomic mass is 9.94. The van der Waals surface area contributed by atoms with E-state index < -0.39 is 17.7 Å². The van der Waals surface area contributed by atoms with Gasteiger partial charge in [0.15, 0.2) is 11.5 Å². The number of ether oxygens (including phenoxy) is 3. The maximum atomic E-state index is 13.1. The van der Waals surface area contributed by atoms with Gasteiger partial charge in [-0.15, -0.1) is 0 Å². The molecule has 8 nitrogen and oxygen atoms in total. The number of hydrogen-bond acceptors (Lipinski definition) is 7. The van der Waals surface area contributed by atoms with Crippen LogP contribution in [-0.2, 0) is 9.59 Å². The van der Waals surface area contributed by atoms with Crippen molar-refractivity contribution in [3.8, 4) is 17.2 Å². The van der Waals surface area contributed by atoms with E-state index in [9.17, 15) is 14.7 Å². The normalized spacial score (nSPS) is 17.7. The molecule has 170 valence electrons. The molecular formula is C24H28N2O6. The average molecular weight is 440 g/mol. The quantitative estimate of drug-likeness (QED) is 0.384. The third kappa shape index (κ3) is 4.27. The Morgan fingerprint density at radius 2 is 1.69 bits per heavy atom. The van der Waals surface area contributed by atoms with E-state index in [-0.39, 0.29) is 11.3 Å². The largest absolute Gasteiger partial charge is 0.507 e. The first kappa shape index (κ1) is 23.1. The number of carbonyl (C=O) groups is 2. The zero-order valence-corrected chi connectivity index (χ0v) is 18.9. The molecule has 1 amide bonds. The van der Waals surface area contributed by atoms with Crippen molar-refractivity contribution in [1.29, 1.82) is 0 Å². The summed E-state index contributed by atoms with van der Waals surface area (Å²) < 4.78 is 16.2. The first-order chi connectivity index (χ1) is 15.3. The number of rotatable bonds is 8. The van der Waals surface area contributed by atoms with Crippen LogP contribution in [0.5, 0.6) is 17.2 Å². The predicted octanol–water partition coefficient (Wildman–Crippen LogP) is 2.70. The van der Waals surface area contributed by atoms with E-state index in [1.54, 1.807) is 49.6 Å². The van der Waals surface area contributed by atoms with Gasteiger partial charge >= 0.3 is 0 Å². The second-order valence-corrected chi connectivity index (χ2v) is 7.61. The molecule has 0 spiro atoms. The molecule has 1 heterocycles. The molecule has 0 radical (unpaired) electrons. The van der Waals surface area contributed by atoms with Crippen LogP contribution in [0, 0.1) is 0 Å². The Morgan fingerprint density at radius 1 is 1.00 bits per heavy atom. The highest BCUT2D eigenvalue weighted by atomic mass is 16.5. The van der Waals surface area contributed by atoms with Crippen LogP contribution in [0.25, 0.3) is 5.76 Å². The van der Waals surface area contributed by atoms with Crippen molar-refractivity contribution in [3.05, 3.63) is 59.2 Å². The van der Waals surface area contributed by atoms with Gasteiger partial charge in [-0.3, -0.25) is 9.59 Å². The van der Waals surface area contributed by atoms with Gasteiger partial charge in [-0.05, 0) is 44.4 Å². The number of amides is 1. The minimum Gasteiger partial charge on any atom is -0.507 e. The maximum absolute atomic E-state index is 13.1. The molecule has 1 aliphatic rings. The maximum Gasteiger partial charge on any atom is 0.295 e. The fraction of sp³-hybridized carbons (Fsp3) is 0.333. The predicted molar refractivity (Wildman–Crippen MR) is 120 cm³/mol. The van der Waals surface area contributed by atoms with Gasteiger partial charge < -0.3 is 29.1 Å². The van der Waals surface area contributed by atoms with Crippen molar-refractivity contribution in [2.75, 3.05) is 48.5 Å². The Kier molecular flexibility index (Phi) is 7.05. The molecule has 32 heavy (non-hydrogen) atoms. The van der Waals surface area contributed by atoms with Crippen LogP contribution in [0.1, 0.15) is 17.2 Å². The molecule has 8 heteroatoms. The van der Waals surface area contributed by atoms with Gasteiger partial charge in [-0.25, -0.2) is 0 Å². The summed E-state index contributed by atoms with van der Waals surface area (Å²) in [6.45, 7) is 0.834. The summed E-state index contributed by atoms with van der Waals surface area (Å²) >= 11 is 0. The number of aliphatic hydroxyl groups is 1. The number of likely N-dealkylation sites (tertiary alicyclic amines) is 1. The van der Waals surface area contributed by atoms with Gasteiger partial charge in [0.1, 0.15) is 11.5 Å². The first-order valence-corrected chi connectivity index (χ1v) is 10.1. The number of methoxy groups -OCH3 is 3. The molecule has 1 atom stereocenters. The molecule has 3 rings (SSSR count). The lowest BCUT2D eigenvalue weighted by Crippen LogP contribution is -2.35. The van der Waals surface area contributed by atoms with Crippen LogP contribution in [0.2, 0.25) is 0 Å². The van der Waals surface area contributed by atoms with Crippen molar-refractivity contribution >= 4 is 17.4 Å². The van der Waals surface area contributed by atoms with E-state index in [1.165, 1.54) is 19.1 Å². The van der Waals surface area contributed by atoms with Crippen LogP contribution in [0.3, 0.4) is 0 Å². The molecule has 0 saturated carbocycles. The molecule has 0 bridgehead atoms. The monoisotopic (exact) mass is 440 g/mol. The molecule has 0 aromatic heterocycles. The number of ketones is 1. The lowest BCUT2D eigenvalue weighted by Gasteiger charge is -2.28. The number of carbonyl (C=O) groups excluding carboxylic acids is 2. The van der Waals surface area contributed by atoms with Gasteiger partial charge in [0, 0.05) is 24.2 Å². The van der Waals surface area contributed by atoms with E-state index in [1.807, 2.05) is 19.0 Å². The number of nitrogens with zero attached hydrogens (tertiary/aromatic N) is 2. The minimum atomic E-state index is -0.831. The highest BCUT2D eigenvalue weighted by molar-refractivity contribution is 6.46. The molecule has 1 aliphatic heterocycles. The van der Waals surface area contributed by atoms with E-state index >= 15 is 0 Å². The summed E-state index contributed by atoms with van der Waals surface area (Å²) in [5.41, 5.74) is 0.966. The number of para-hydroxylation sites is 1. The van der Waals surface area contributed by atoms with Gasteiger partial charge in [-0.1, -0.05) is 12.1 Å². The highest BCUT2D eigenvalue weighted by Gasteiger charge is 2.47. The minimum absolute atomic E-state index is 0.00507. The number of hydrogen-bond donors (Lipinski definition) is 1. The average Bonchev–Trinajstić information content (AvgIpc) is 3.06. The number of Topliss-reactive ketones (excluding diaryl/α,β-unsaturated/α-hetero) is 1. The molecule has 1 N–H and O–H groups in total. The smallest absolute Gasteiger partial charge is 0.295 e. The lowest BCUT2D eigenvalue weighted by molar-refractivity contribution is -0.140. The summed E-state index contributed by atoms with van der Waals surface area (Å²) in [4.78, 5) is 29.5. The van der Waals surface area contributed by atoms with E-state index in [0.29, 0.717) is 41.5 Å². The molecule has 1 fully saturated rings. The molecular weight excluding hydrogens is 412 g/mol. The Bertz CT molecular complexity index is 1030.